The van der Waals surface area contributed by atoms with Gasteiger partial charge in [0.25, 0.3) is 17.6 Å². The van der Waals surface area contributed by atoms with Crippen molar-refractivity contribution in [2.75, 3.05) is 13.1 Å². The number of para-hydroxylation sites is 1. The lowest BCUT2D eigenvalue weighted by Gasteiger charge is -2.15. The Morgan fingerprint density at radius 2 is 1.97 bits per heavy atom. The SMILES string of the molecule is O=C(c1noc(-c2cc(F)c(F)c(O)c2F)n1)N1CC[C@@H](Oc2ccccc2)C1. The summed E-state index contributed by atoms with van der Waals surface area (Å²) in [6, 6.07) is 9.61. The van der Waals surface area contributed by atoms with E-state index < -0.39 is 40.6 Å². The van der Waals surface area contributed by atoms with E-state index in [1.807, 2.05) is 30.3 Å². The summed E-state index contributed by atoms with van der Waals surface area (Å²) in [5.41, 5.74) is -0.653. The Morgan fingerprint density at radius 3 is 2.72 bits per heavy atom. The highest BCUT2D eigenvalue weighted by Gasteiger charge is 2.31. The van der Waals surface area contributed by atoms with Crippen molar-refractivity contribution in [3.05, 3.63) is 59.7 Å². The van der Waals surface area contributed by atoms with Crippen LogP contribution in [0.15, 0.2) is 40.9 Å². The molecule has 150 valence electrons. The van der Waals surface area contributed by atoms with Crippen LogP contribution in [0, 0.1) is 17.5 Å². The Labute approximate surface area is 162 Å². The van der Waals surface area contributed by atoms with Gasteiger partial charge in [-0.25, -0.2) is 8.78 Å². The van der Waals surface area contributed by atoms with Gasteiger partial charge >= 0.3 is 0 Å². The molecule has 1 N–H and O–H groups in total. The van der Waals surface area contributed by atoms with Crippen LogP contribution in [0.2, 0.25) is 0 Å². The minimum absolute atomic E-state index is 0.215. The molecule has 0 aliphatic carbocycles. The first-order chi connectivity index (χ1) is 13.9. The van der Waals surface area contributed by atoms with Crippen LogP contribution in [-0.4, -0.2) is 45.2 Å². The van der Waals surface area contributed by atoms with Crippen molar-refractivity contribution < 1.29 is 32.3 Å². The average molecular weight is 405 g/mol. The van der Waals surface area contributed by atoms with Gasteiger partial charge in [0.05, 0.1) is 12.1 Å². The van der Waals surface area contributed by atoms with E-state index >= 15 is 0 Å². The summed E-state index contributed by atoms with van der Waals surface area (Å²) in [7, 11) is 0. The van der Waals surface area contributed by atoms with E-state index in [4.69, 9.17) is 9.26 Å². The smallest absolute Gasteiger partial charge is 0.295 e. The zero-order valence-electron chi connectivity index (χ0n) is 14.8. The number of halogens is 3. The third-order valence-corrected chi connectivity index (χ3v) is 4.46. The third-order valence-electron chi connectivity index (χ3n) is 4.46. The number of phenols is 1. The van der Waals surface area contributed by atoms with Crippen LogP contribution >= 0.6 is 0 Å². The van der Waals surface area contributed by atoms with Gasteiger partial charge in [0.15, 0.2) is 17.4 Å². The molecule has 1 aliphatic rings. The highest BCUT2D eigenvalue weighted by atomic mass is 19.2. The number of hydrogen-bond donors (Lipinski definition) is 1. The Morgan fingerprint density at radius 1 is 1.21 bits per heavy atom. The standard InChI is InChI=1S/C19H14F3N3O4/c20-13-8-12(14(21)16(26)15(13)22)18-23-17(24-29-18)19(27)25-7-6-11(9-25)28-10-4-2-1-3-5-10/h1-5,8,11,26H,6-7,9H2/t11-/m1/s1. The quantitative estimate of drug-likeness (QED) is 0.671. The number of amides is 1. The van der Waals surface area contributed by atoms with Gasteiger partial charge in [-0.1, -0.05) is 23.4 Å². The molecule has 1 aromatic heterocycles. The fraction of sp³-hybridized carbons (Fsp3) is 0.211. The number of aromatic nitrogens is 2. The molecule has 0 saturated carbocycles. The van der Waals surface area contributed by atoms with E-state index in [1.54, 1.807) is 0 Å². The number of likely N-dealkylation sites (tertiary alicyclic amines) is 1. The zero-order valence-corrected chi connectivity index (χ0v) is 14.8. The van der Waals surface area contributed by atoms with E-state index in [9.17, 15) is 23.1 Å². The van der Waals surface area contributed by atoms with E-state index in [2.05, 4.69) is 10.1 Å². The summed E-state index contributed by atoms with van der Waals surface area (Å²) in [4.78, 5) is 17.8. The Hall–Kier alpha value is -3.56. The van der Waals surface area contributed by atoms with Gasteiger partial charge in [0.1, 0.15) is 11.9 Å². The van der Waals surface area contributed by atoms with Gasteiger partial charge in [-0.3, -0.25) is 4.79 Å². The van der Waals surface area contributed by atoms with Crippen LogP contribution in [0.3, 0.4) is 0 Å². The van der Waals surface area contributed by atoms with Crippen LogP contribution in [0.4, 0.5) is 13.2 Å². The molecule has 1 fully saturated rings. The second-order valence-corrected chi connectivity index (χ2v) is 6.40. The van der Waals surface area contributed by atoms with Crippen LogP contribution in [-0.2, 0) is 0 Å². The summed E-state index contributed by atoms with van der Waals surface area (Å²) in [6.45, 7) is 0.679. The normalized spacial score (nSPS) is 16.2. The van der Waals surface area contributed by atoms with Crippen molar-refractivity contribution >= 4 is 5.91 Å². The molecule has 4 rings (SSSR count). The molecule has 29 heavy (non-hydrogen) atoms. The molecular formula is C19H14F3N3O4. The molecule has 0 unspecified atom stereocenters. The van der Waals surface area contributed by atoms with E-state index in [-0.39, 0.29) is 18.5 Å². The molecule has 1 aliphatic heterocycles. The van der Waals surface area contributed by atoms with Crippen LogP contribution in [0.25, 0.3) is 11.5 Å². The number of benzene rings is 2. The maximum Gasteiger partial charge on any atom is 0.295 e. The lowest BCUT2D eigenvalue weighted by molar-refractivity contribution is 0.0757. The summed E-state index contributed by atoms with van der Waals surface area (Å²) < 4.78 is 51.3. The largest absolute Gasteiger partial charge is 0.503 e. The minimum Gasteiger partial charge on any atom is -0.503 e. The maximum atomic E-state index is 14.0. The van der Waals surface area contributed by atoms with Gasteiger partial charge in [-0.15, -0.1) is 0 Å². The molecule has 0 spiro atoms. The van der Waals surface area contributed by atoms with Crippen molar-refractivity contribution in [3.63, 3.8) is 0 Å². The lowest BCUT2D eigenvalue weighted by Crippen LogP contribution is -2.31. The molecule has 1 saturated heterocycles. The number of aromatic hydroxyl groups is 1. The topological polar surface area (TPSA) is 88.7 Å². The van der Waals surface area contributed by atoms with Crippen molar-refractivity contribution in [2.45, 2.75) is 12.5 Å². The molecule has 1 atom stereocenters. The monoisotopic (exact) mass is 405 g/mol. The van der Waals surface area contributed by atoms with Gasteiger partial charge in [-0.2, -0.15) is 9.37 Å². The van der Waals surface area contributed by atoms with Crippen molar-refractivity contribution in [3.8, 4) is 23.0 Å². The predicted octanol–water partition coefficient (Wildman–Crippen LogP) is 3.15. The molecule has 2 aromatic carbocycles. The number of hydrogen-bond acceptors (Lipinski definition) is 6. The van der Waals surface area contributed by atoms with Crippen molar-refractivity contribution in [1.29, 1.82) is 0 Å². The number of nitrogens with zero attached hydrogens (tertiary/aromatic N) is 3. The first kappa shape index (κ1) is 18.8. The second kappa shape index (κ2) is 7.46. The zero-order chi connectivity index (χ0) is 20.5. The molecule has 10 heteroatoms. The van der Waals surface area contributed by atoms with Crippen LogP contribution in [0.1, 0.15) is 17.0 Å². The molecule has 0 bridgehead atoms. The van der Waals surface area contributed by atoms with E-state index in [0.717, 1.165) is 0 Å². The molecular weight excluding hydrogens is 391 g/mol. The summed E-state index contributed by atoms with van der Waals surface area (Å²) in [5.74, 6) is -7.03. The molecule has 7 nitrogen and oxygen atoms in total. The Balaban J connectivity index is 1.48. The van der Waals surface area contributed by atoms with Gasteiger partial charge in [0.2, 0.25) is 5.82 Å². The molecule has 0 radical (unpaired) electrons. The van der Waals surface area contributed by atoms with Gasteiger partial charge in [-0.05, 0) is 18.2 Å². The number of carbonyl (C=O) groups excluding carboxylic acids is 1. The van der Waals surface area contributed by atoms with Crippen molar-refractivity contribution in [1.82, 2.24) is 15.0 Å². The van der Waals surface area contributed by atoms with Crippen LogP contribution < -0.4 is 4.74 Å². The number of rotatable bonds is 4. The first-order valence-corrected chi connectivity index (χ1v) is 8.65. The first-order valence-electron chi connectivity index (χ1n) is 8.65. The third kappa shape index (κ3) is 3.60. The molecule has 1 amide bonds. The number of ether oxygens (including phenoxy) is 1. The average Bonchev–Trinajstić information content (AvgIpc) is 3.39. The lowest BCUT2D eigenvalue weighted by atomic mass is 10.2. The Bertz CT molecular complexity index is 1060. The maximum absolute atomic E-state index is 14.0. The van der Waals surface area contributed by atoms with Gasteiger partial charge in [0, 0.05) is 13.0 Å². The predicted molar refractivity (Wildman–Crippen MR) is 92.7 cm³/mol. The number of phenolic OH excluding ortho intramolecular Hbond substituents is 1. The van der Waals surface area contributed by atoms with Gasteiger partial charge < -0.3 is 19.3 Å². The minimum atomic E-state index is -1.73. The fourth-order valence-electron chi connectivity index (χ4n) is 3.01. The van der Waals surface area contributed by atoms with E-state index in [0.29, 0.717) is 24.8 Å². The fourth-order valence-corrected chi connectivity index (χ4v) is 3.01. The molecule has 3 aromatic rings. The highest BCUT2D eigenvalue weighted by Crippen LogP contribution is 2.31. The Kier molecular flexibility index (Phi) is 4.83. The highest BCUT2D eigenvalue weighted by molar-refractivity contribution is 5.91. The molecule has 2 heterocycles. The summed E-state index contributed by atoms with van der Waals surface area (Å²) >= 11 is 0. The number of carbonyl (C=O) groups is 1. The summed E-state index contributed by atoms with van der Waals surface area (Å²) in [5, 5.41) is 12.8. The summed E-state index contributed by atoms with van der Waals surface area (Å²) in [6.07, 6.45) is 0.380. The second-order valence-electron chi connectivity index (χ2n) is 6.40. The van der Waals surface area contributed by atoms with Crippen LogP contribution in [0.5, 0.6) is 11.5 Å². The van der Waals surface area contributed by atoms with E-state index in [1.165, 1.54) is 4.90 Å². The van der Waals surface area contributed by atoms with Crippen molar-refractivity contribution in [2.24, 2.45) is 0 Å².